The van der Waals surface area contributed by atoms with Crippen molar-refractivity contribution in [3.63, 3.8) is 0 Å². The van der Waals surface area contributed by atoms with Crippen molar-refractivity contribution >= 4 is 15.7 Å². The largest absolute Gasteiger partial charge is 0.380 e. The fourth-order valence-electron chi connectivity index (χ4n) is 5.85. The predicted octanol–water partition coefficient (Wildman–Crippen LogP) is 1.52. The molecule has 6 heterocycles. The normalized spacial score (nSPS) is 26.7. The van der Waals surface area contributed by atoms with Crippen LogP contribution < -0.4 is 0 Å². The maximum atomic E-state index is 13.6. The minimum absolute atomic E-state index is 0.0412. The van der Waals surface area contributed by atoms with E-state index in [1.165, 1.54) is 6.20 Å². The fraction of sp³-hybridized carbons (Fsp3) is 0.625. The highest BCUT2D eigenvalue weighted by Gasteiger charge is 2.40. The highest BCUT2D eigenvalue weighted by molar-refractivity contribution is 7.90. The van der Waals surface area contributed by atoms with Crippen molar-refractivity contribution in [2.24, 2.45) is 0 Å². The summed E-state index contributed by atoms with van der Waals surface area (Å²) in [5.41, 5.74) is 2.02. The van der Waals surface area contributed by atoms with Crippen LogP contribution in [-0.2, 0) is 25.1 Å². The van der Waals surface area contributed by atoms with Crippen molar-refractivity contribution in [2.75, 3.05) is 52.6 Å². The van der Waals surface area contributed by atoms with Gasteiger partial charge in [-0.1, -0.05) is 0 Å². The predicted molar refractivity (Wildman–Crippen MR) is 127 cm³/mol. The Morgan fingerprint density at radius 2 is 1.86 bits per heavy atom. The summed E-state index contributed by atoms with van der Waals surface area (Å²) in [5, 5.41) is 4.95. The number of likely N-dealkylation sites (tertiary alicyclic amines) is 1. The molecule has 0 N–H and O–H groups in total. The van der Waals surface area contributed by atoms with Crippen LogP contribution >= 0.6 is 0 Å². The Morgan fingerprint density at radius 1 is 1.03 bits per heavy atom. The molecule has 2 aromatic heterocycles. The van der Waals surface area contributed by atoms with E-state index in [1.54, 1.807) is 17.0 Å². The number of fused-ring (bicyclic) bond motifs is 3. The zero-order chi connectivity index (χ0) is 24.0. The molecular weight excluding hydrogens is 470 g/mol. The van der Waals surface area contributed by atoms with Crippen molar-refractivity contribution in [3.8, 4) is 11.3 Å². The Morgan fingerprint density at radius 3 is 2.66 bits per heavy atom. The molecule has 1 unspecified atom stereocenters. The van der Waals surface area contributed by atoms with E-state index in [2.05, 4.69) is 9.88 Å². The first-order chi connectivity index (χ1) is 17.0. The lowest BCUT2D eigenvalue weighted by Crippen LogP contribution is -2.47. The monoisotopic (exact) mass is 501 g/mol. The Balaban J connectivity index is 1.43. The van der Waals surface area contributed by atoms with Crippen LogP contribution in [0.4, 0.5) is 0 Å². The van der Waals surface area contributed by atoms with E-state index in [9.17, 15) is 13.2 Å². The van der Waals surface area contributed by atoms with Gasteiger partial charge in [-0.15, -0.1) is 0 Å². The molecule has 6 rings (SSSR count). The maximum absolute atomic E-state index is 13.6. The smallest absolute Gasteiger partial charge is 0.274 e. The Hall–Kier alpha value is -2.34. The second kappa shape index (κ2) is 9.27. The lowest BCUT2D eigenvalue weighted by Gasteiger charge is -2.40. The van der Waals surface area contributed by atoms with Crippen molar-refractivity contribution in [3.05, 3.63) is 29.6 Å². The van der Waals surface area contributed by atoms with Gasteiger partial charge in [0, 0.05) is 49.6 Å². The molecule has 10 nitrogen and oxygen atoms in total. The number of amides is 1. The average molecular weight is 502 g/mol. The van der Waals surface area contributed by atoms with Crippen LogP contribution in [0.25, 0.3) is 11.3 Å². The first-order valence-electron chi connectivity index (χ1n) is 12.5. The Kier molecular flexibility index (Phi) is 6.11. The second-order valence-corrected chi connectivity index (χ2v) is 11.7. The highest BCUT2D eigenvalue weighted by Crippen LogP contribution is 2.41. The number of aromatic nitrogens is 3. The number of hydrogen-bond acceptors (Lipinski definition) is 8. The van der Waals surface area contributed by atoms with Crippen molar-refractivity contribution < 1.29 is 22.7 Å². The van der Waals surface area contributed by atoms with Crippen molar-refractivity contribution in [1.29, 1.82) is 0 Å². The van der Waals surface area contributed by atoms with Gasteiger partial charge in [0.2, 0.25) is 9.84 Å². The van der Waals surface area contributed by atoms with Gasteiger partial charge in [-0.25, -0.2) is 13.4 Å². The zero-order valence-electron chi connectivity index (χ0n) is 19.8. The van der Waals surface area contributed by atoms with Gasteiger partial charge < -0.3 is 14.4 Å². The molecule has 0 aromatic carbocycles. The lowest BCUT2D eigenvalue weighted by atomic mass is 10.00. The zero-order valence-corrected chi connectivity index (χ0v) is 20.6. The van der Waals surface area contributed by atoms with E-state index in [0.717, 1.165) is 57.7 Å². The molecule has 0 bridgehead atoms. The standard InChI is InChI=1S/C24H31N5O5S/c30-24(27-9-12-33-13-10-27)21-20-16-35(31,32)23-19(6-1-7-25-23)22(20)29(26-21)17-4-2-8-28(14-17)18-5-3-11-34-15-18/h1,6-7,17-18H,2-5,8-16H2/t17-,18?/m1/s1. The van der Waals surface area contributed by atoms with Gasteiger partial charge in [0.1, 0.15) is 0 Å². The summed E-state index contributed by atoms with van der Waals surface area (Å²) in [6.07, 6.45) is 5.63. The first-order valence-corrected chi connectivity index (χ1v) is 14.2. The van der Waals surface area contributed by atoms with E-state index in [0.29, 0.717) is 43.5 Å². The average Bonchev–Trinajstić information content (AvgIpc) is 3.28. The molecule has 1 amide bonds. The van der Waals surface area contributed by atoms with Crippen molar-refractivity contribution in [2.45, 2.75) is 48.5 Å². The third-order valence-corrected chi connectivity index (χ3v) is 9.17. The molecule has 35 heavy (non-hydrogen) atoms. The van der Waals surface area contributed by atoms with Gasteiger partial charge in [-0.05, 0) is 44.4 Å². The molecule has 0 aliphatic carbocycles. The summed E-state index contributed by atoms with van der Waals surface area (Å²) in [5.74, 6) is -0.482. The number of sulfone groups is 1. The Labute approximate surface area is 205 Å². The van der Waals surface area contributed by atoms with Crippen LogP contribution in [0, 0.1) is 0 Å². The number of carbonyl (C=O) groups excluding carboxylic acids is 1. The van der Waals surface area contributed by atoms with Crippen molar-refractivity contribution in [1.82, 2.24) is 24.6 Å². The van der Waals surface area contributed by atoms with E-state index in [-0.39, 0.29) is 28.4 Å². The maximum Gasteiger partial charge on any atom is 0.274 e. The van der Waals surface area contributed by atoms with Gasteiger partial charge in [0.25, 0.3) is 5.91 Å². The SMILES string of the molecule is O=C(c1nn([C@@H]2CCCN(C3CCCOC3)C2)c2c1CS(=O)(=O)c1ncccc1-2)N1CCOCC1. The number of morpholine rings is 1. The molecule has 0 radical (unpaired) electrons. The summed E-state index contributed by atoms with van der Waals surface area (Å²) in [4.78, 5) is 22.0. The van der Waals surface area contributed by atoms with Gasteiger partial charge in [-0.3, -0.25) is 14.4 Å². The topological polar surface area (TPSA) is 107 Å². The molecule has 11 heteroatoms. The number of carbonyl (C=O) groups is 1. The third-order valence-electron chi connectivity index (χ3n) is 7.59. The summed E-state index contributed by atoms with van der Waals surface area (Å²) >= 11 is 0. The van der Waals surface area contributed by atoms with Crippen LogP contribution in [0.1, 0.15) is 47.8 Å². The summed E-state index contributed by atoms with van der Waals surface area (Å²) in [6, 6.07) is 3.96. The minimum Gasteiger partial charge on any atom is -0.380 e. The highest BCUT2D eigenvalue weighted by atomic mass is 32.2. The lowest BCUT2D eigenvalue weighted by molar-refractivity contribution is 0.00208. The first kappa shape index (κ1) is 23.1. The van der Waals surface area contributed by atoms with Crippen LogP contribution in [0.5, 0.6) is 0 Å². The van der Waals surface area contributed by atoms with E-state index >= 15 is 0 Å². The molecule has 188 valence electrons. The number of nitrogens with zero attached hydrogens (tertiary/aromatic N) is 5. The summed E-state index contributed by atoms with van der Waals surface area (Å²) in [6.45, 7) is 5.28. The molecular formula is C24H31N5O5S. The van der Waals surface area contributed by atoms with E-state index in [1.807, 2.05) is 4.68 Å². The number of pyridine rings is 1. The van der Waals surface area contributed by atoms with Gasteiger partial charge in [0.05, 0.1) is 37.3 Å². The number of ether oxygens (including phenoxy) is 2. The molecule has 2 atom stereocenters. The number of piperidine rings is 1. The number of hydrogen-bond donors (Lipinski definition) is 0. The van der Waals surface area contributed by atoms with E-state index in [4.69, 9.17) is 14.6 Å². The second-order valence-electron chi connectivity index (χ2n) is 9.80. The van der Waals surface area contributed by atoms with Gasteiger partial charge >= 0.3 is 0 Å². The molecule has 4 aliphatic rings. The fourth-order valence-corrected chi connectivity index (χ4v) is 7.36. The molecule has 3 saturated heterocycles. The molecule has 3 fully saturated rings. The summed E-state index contributed by atoms with van der Waals surface area (Å²) < 4.78 is 39.4. The molecule has 2 aromatic rings. The van der Waals surface area contributed by atoms with Crippen LogP contribution in [-0.4, -0.2) is 97.5 Å². The molecule has 0 spiro atoms. The minimum atomic E-state index is -3.67. The molecule has 4 aliphatic heterocycles. The van der Waals surface area contributed by atoms with E-state index < -0.39 is 9.84 Å². The molecule has 0 saturated carbocycles. The summed E-state index contributed by atoms with van der Waals surface area (Å²) in [7, 11) is -3.67. The quantitative estimate of drug-likeness (QED) is 0.623. The number of rotatable bonds is 3. The van der Waals surface area contributed by atoms with Gasteiger partial charge in [-0.2, -0.15) is 5.10 Å². The third kappa shape index (κ3) is 4.18. The van der Waals surface area contributed by atoms with Crippen LogP contribution in [0.3, 0.4) is 0 Å². The van der Waals surface area contributed by atoms with Crippen LogP contribution in [0.2, 0.25) is 0 Å². The Bertz CT molecular complexity index is 1220. The van der Waals surface area contributed by atoms with Crippen LogP contribution in [0.15, 0.2) is 23.4 Å². The van der Waals surface area contributed by atoms with Gasteiger partial charge in [0.15, 0.2) is 10.7 Å².